The summed E-state index contributed by atoms with van der Waals surface area (Å²) in [7, 11) is -3.63. The van der Waals surface area contributed by atoms with Gasteiger partial charge in [-0.1, -0.05) is 37.3 Å². The fourth-order valence-corrected chi connectivity index (χ4v) is 4.40. The van der Waals surface area contributed by atoms with E-state index in [1.165, 1.54) is 6.07 Å². The van der Waals surface area contributed by atoms with Gasteiger partial charge in [0.05, 0.1) is 4.90 Å². The average Bonchev–Trinajstić information content (AvgIpc) is 2.72. The number of benzene rings is 2. The number of likely N-dealkylation sites (tertiary alicyclic amines) is 1. The summed E-state index contributed by atoms with van der Waals surface area (Å²) < 4.78 is 33.4. The first kappa shape index (κ1) is 21.3. The molecule has 1 heterocycles. The molecule has 0 atom stereocenters. The minimum Gasteiger partial charge on any atom is -0.483 e. The van der Waals surface area contributed by atoms with Crippen LogP contribution < -0.4 is 9.46 Å². The lowest BCUT2D eigenvalue weighted by atomic mass is 9.99. The van der Waals surface area contributed by atoms with Gasteiger partial charge in [-0.05, 0) is 55.0 Å². The standard InChI is InChI=1S/C22H28N2O4S/c1-17-10-12-24(13-11-17)22(25)16-28-21-9-8-20(14-18(21)2)29(26,27)23-15-19-6-4-3-5-7-19/h3-9,14,17,23H,10-13,15-16H2,1-2H3. The molecule has 29 heavy (non-hydrogen) atoms. The molecule has 2 aromatic rings. The van der Waals surface area contributed by atoms with Gasteiger partial charge in [-0.2, -0.15) is 0 Å². The largest absolute Gasteiger partial charge is 0.483 e. The number of hydrogen-bond acceptors (Lipinski definition) is 4. The average molecular weight is 417 g/mol. The Hall–Kier alpha value is -2.38. The van der Waals surface area contributed by atoms with E-state index in [1.54, 1.807) is 19.1 Å². The van der Waals surface area contributed by atoms with Gasteiger partial charge in [-0.25, -0.2) is 13.1 Å². The van der Waals surface area contributed by atoms with Crippen molar-refractivity contribution in [2.24, 2.45) is 5.92 Å². The maximum Gasteiger partial charge on any atom is 0.260 e. The first-order valence-corrected chi connectivity index (χ1v) is 11.4. The van der Waals surface area contributed by atoms with Crippen LogP contribution in [0.1, 0.15) is 30.9 Å². The Labute approximate surface area is 172 Å². The fraction of sp³-hybridized carbons (Fsp3) is 0.409. The van der Waals surface area contributed by atoms with Crippen LogP contribution in [0.2, 0.25) is 0 Å². The van der Waals surface area contributed by atoms with Crippen molar-refractivity contribution in [2.45, 2.75) is 38.1 Å². The summed E-state index contributed by atoms with van der Waals surface area (Å²) in [5.74, 6) is 1.15. The van der Waals surface area contributed by atoms with Crippen LogP contribution >= 0.6 is 0 Å². The highest BCUT2D eigenvalue weighted by Crippen LogP contribution is 2.22. The summed E-state index contributed by atoms with van der Waals surface area (Å²) in [4.78, 5) is 14.3. The first-order valence-electron chi connectivity index (χ1n) is 9.90. The third-order valence-corrected chi connectivity index (χ3v) is 6.65. The zero-order valence-electron chi connectivity index (χ0n) is 16.9. The van der Waals surface area contributed by atoms with Crippen molar-refractivity contribution in [3.63, 3.8) is 0 Å². The number of carbonyl (C=O) groups excluding carboxylic acids is 1. The van der Waals surface area contributed by atoms with Crippen LogP contribution in [0.5, 0.6) is 5.75 Å². The number of piperidine rings is 1. The molecule has 0 saturated carbocycles. The molecule has 0 aliphatic carbocycles. The Morgan fingerprint density at radius 1 is 1.14 bits per heavy atom. The number of nitrogens with one attached hydrogen (secondary N) is 1. The number of carbonyl (C=O) groups is 1. The lowest BCUT2D eigenvalue weighted by Gasteiger charge is -2.30. The molecule has 1 saturated heterocycles. The van der Waals surface area contributed by atoms with Gasteiger partial charge in [0, 0.05) is 19.6 Å². The van der Waals surface area contributed by atoms with Crippen LogP contribution in [-0.2, 0) is 21.4 Å². The van der Waals surface area contributed by atoms with Crippen LogP contribution in [0.3, 0.4) is 0 Å². The third kappa shape index (κ3) is 5.81. The molecule has 156 valence electrons. The summed E-state index contributed by atoms with van der Waals surface area (Å²) in [5.41, 5.74) is 1.56. The number of aryl methyl sites for hydroxylation is 1. The smallest absolute Gasteiger partial charge is 0.260 e. The maximum atomic E-state index is 12.6. The Kier molecular flexibility index (Phi) is 6.92. The normalized spacial score (nSPS) is 15.3. The van der Waals surface area contributed by atoms with E-state index in [4.69, 9.17) is 4.74 Å². The molecule has 1 fully saturated rings. The van der Waals surface area contributed by atoms with E-state index >= 15 is 0 Å². The highest BCUT2D eigenvalue weighted by molar-refractivity contribution is 7.89. The molecule has 1 aliphatic rings. The SMILES string of the molecule is Cc1cc(S(=O)(=O)NCc2ccccc2)ccc1OCC(=O)N1CCC(C)CC1. The molecule has 6 nitrogen and oxygen atoms in total. The summed E-state index contributed by atoms with van der Waals surface area (Å²) in [5, 5.41) is 0. The molecule has 2 aromatic carbocycles. The van der Waals surface area contributed by atoms with Gasteiger partial charge in [0.2, 0.25) is 10.0 Å². The van der Waals surface area contributed by atoms with Gasteiger partial charge < -0.3 is 9.64 Å². The summed E-state index contributed by atoms with van der Waals surface area (Å²) in [6.07, 6.45) is 2.04. The number of ether oxygens (including phenoxy) is 1. The van der Waals surface area contributed by atoms with Gasteiger partial charge in [0.1, 0.15) is 5.75 Å². The van der Waals surface area contributed by atoms with Gasteiger partial charge in [0.25, 0.3) is 5.91 Å². The molecule has 1 amide bonds. The number of sulfonamides is 1. The van der Waals surface area contributed by atoms with E-state index in [0.29, 0.717) is 17.2 Å². The van der Waals surface area contributed by atoms with Crippen molar-refractivity contribution in [3.8, 4) is 5.75 Å². The molecule has 1 aliphatic heterocycles. The Morgan fingerprint density at radius 2 is 1.83 bits per heavy atom. The lowest BCUT2D eigenvalue weighted by molar-refractivity contribution is -0.134. The van der Waals surface area contributed by atoms with Crippen LogP contribution in [0, 0.1) is 12.8 Å². The van der Waals surface area contributed by atoms with E-state index in [9.17, 15) is 13.2 Å². The van der Waals surface area contributed by atoms with Crippen LogP contribution in [0.15, 0.2) is 53.4 Å². The van der Waals surface area contributed by atoms with E-state index in [0.717, 1.165) is 31.5 Å². The highest BCUT2D eigenvalue weighted by atomic mass is 32.2. The van der Waals surface area contributed by atoms with Crippen molar-refractivity contribution in [1.82, 2.24) is 9.62 Å². The second-order valence-electron chi connectivity index (χ2n) is 7.59. The number of nitrogens with zero attached hydrogens (tertiary/aromatic N) is 1. The second kappa shape index (κ2) is 9.41. The van der Waals surface area contributed by atoms with Gasteiger partial charge in [0.15, 0.2) is 6.61 Å². The first-order chi connectivity index (χ1) is 13.8. The van der Waals surface area contributed by atoms with Gasteiger partial charge in [-0.3, -0.25) is 4.79 Å². The number of rotatable bonds is 7. The molecular weight excluding hydrogens is 388 g/mol. The molecule has 0 unspecified atom stereocenters. The maximum absolute atomic E-state index is 12.6. The molecule has 0 spiro atoms. The molecular formula is C22H28N2O4S. The zero-order chi connectivity index (χ0) is 20.9. The van der Waals surface area contributed by atoms with Crippen LogP contribution in [0.4, 0.5) is 0 Å². The monoisotopic (exact) mass is 416 g/mol. The second-order valence-corrected chi connectivity index (χ2v) is 9.36. The van der Waals surface area contributed by atoms with Crippen molar-refractivity contribution in [3.05, 3.63) is 59.7 Å². The Morgan fingerprint density at radius 3 is 2.48 bits per heavy atom. The number of hydrogen-bond donors (Lipinski definition) is 1. The van der Waals surface area contributed by atoms with E-state index in [1.807, 2.05) is 35.2 Å². The quantitative estimate of drug-likeness (QED) is 0.753. The van der Waals surface area contributed by atoms with E-state index < -0.39 is 10.0 Å². The highest BCUT2D eigenvalue weighted by Gasteiger charge is 2.21. The minimum absolute atomic E-state index is 0.0301. The molecule has 0 bridgehead atoms. The van der Waals surface area contributed by atoms with Gasteiger partial charge >= 0.3 is 0 Å². The number of amides is 1. The van der Waals surface area contributed by atoms with Crippen molar-refractivity contribution < 1.29 is 17.9 Å². The molecule has 0 radical (unpaired) electrons. The Bertz CT molecular complexity index is 937. The van der Waals surface area contributed by atoms with E-state index in [2.05, 4.69) is 11.6 Å². The van der Waals surface area contributed by atoms with Crippen molar-refractivity contribution in [2.75, 3.05) is 19.7 Å². The molecule has 0 aromatic heterocycles. The Balaban J connectivity index is 1.58. The van der Waals surface area contributed by atoms with Crippen LogP contribution in [-0.4, -0.2) is 38.9 Å². The third-order valence-electron chi connectivity index (χ3n) is 5.25. The topological polar surface area (TPSA) is 75.7 Å². The summed E-state index contributed by atoms with van der Waals surface area (Å²) in [6, 6.07) is 14.0. The molecule has 1 N–H and O–H groups in total. The zero-order valence-corrected chi connectivity index (χ0v) is 17.7. The van der Waals surface area contributed by atoms with E-state index in [-0.39, 0.29) is 24.0 Å². The fourth-order valence-electron chi connectivity index (χ4n) is 3.30. The molecule has 7 heteroatoms. The predicted octanol–water partition coefficient (Wildman–Crippen LogP) is 3.11. The molecule has 3 rings (SSSR count). The van der Waals surface area contributed by atoms with Crippen molar-refractivity contribution >= 4 is 15.9 Å². The minimum atomic E-state index is -3.63. The van der Waals surface area contributed by atoms with Crippen molar-refractivity contribution in [1.29, 1.82) is 0 Å². The van der Waals surface area contributed by atoms with Crippen LogP contribution in [0.25, 0.3) is 0 Å². The lowest BCUT2D eigenvalue weighted by Crippen LogP contribution is -2.40. The summed E-state index contributed by atoms with van der Waals surface area (Å²) in [6.45, 7) is 5.71. The van der Waals surface area contributed by atoms with Gasteiger partial charge in [-0.15, -0.1) is 0 Å². The summed E-state index contributed by atoms with van der Waals surface area (Å²) >= 11 is 0. The predicted molar refractivity (Wildman–Crippen MR) is 112 cm³/mol.